The molecule has 3 heteroatoms. The molecule has 2 nitrogen and oxygen atoms in total. The standard InChI is InChI=1S/C22H27ClN2/c1-22(2)15-25(12-11-24(22)3)21-14-19(16-7-5-4-6-8-16)18-10-9-17(23)13-20(18)21/h4-10,13,19,21H,11-12,14-15H2,1-3H3/t19-,21+/m0/s1/i3D3,11D2. The Kier molecular flexibility index (Phi) is 3.11. The lowest BCUT2D eigenvalue weighted by Gasteiger charge is -2.47. The summed E-state index contributed by atoms with van der Waals surface area (Å²) in [5.41, 5.74) is 2.71. The van der Waals surface area contributed by atoms with Gasteiger partial charge >= 0.3 is 0 Å². The molecule has 0 spiro atoms. The van der Waals surface area contributed by atoms with E-state index in [9.17, 15) is 0 Å². The van der Waals surface area contributed by atoms with Gasteiger partial charge in [-0.25, -0.2) is 0 Å². The maximum absolute atomic E-state index is 8.59. The monoisotopic (exact) mass is 359 g/mol. The highest BCUT2D eigenvalue weighted by atomic mass is 35.5. The van der Waals surface area contributed by atoms with Crippen LogP contribution in [0.4, 0.5) is 0 Å². The molecule has 1 aliphatic heterocycles. The van der Waals surface area contributed by atoms with Crippen LogP contribution < -0.4 is 0 Å². The molecular formula is C22H27ClN2. The van der Waals surface area contributed by atoms with Gasteiger partial charge in [0, 0.05) is 49.0 Å². The molecule has 1 aliphatic carbocycles. The number of rotatable bonds is 2. The van der Waals surface area contributed by atoms with Crippen LogP contribution in [0.1, 0.15) is 55.8 Å². The largest absolute Gasteiger partial charge is 0.299 e. The SMILES string of the molecule is [2H]C([2H])([2H])N1C([2H])([2H])CN([C@@H]2C[C@@H](c3ccccc3)c3ccc(Cl)cc32)CC1(C)C. The molecule has 0 unspecified atom stereocenters. The number of likely N-dealkylation sites (N-methyl/N-ethyl adjacent to an activating group) is 1. The van der Waals surface area contributed by atoms with Crippen molar-refractivity contribution in [1.82, 2.24) is 9.80 Å². The van der Waals surface area contributed by atoms with Gasteiger partial charge in [0.25, 0.3) is 0 Å². The van der Waals surface area contributed by atoms with Crippen LogP contribution in [0.15, 0.2) is 48.5 Å². The molecule has 25 heavy (non-hydrogen) atoms. The topological polar surface area (TPSA) is 6.48 Å². The van der Waals surface area contributed by atoms with Gasteiger partial charge in [-0.05, 0) is 56.1 Å². The predicted molar refractivity (Wildman–Crippen MR) is 105 cm³/mol. The summed E-state index contributed by atoms with van der Waals surface area (Å²) in [5, 5.41) is 0.663. The Morgan fingerprint density at radius 2 is 1.96 bits per heavy atom. The minimum absolute atomic E-state index is 0.0167. The molecule has 2 aromatic carbocycles. The fourth-order valence-electron chi connectivity index (χ4n) is 4.20. The number of nitrogens with zero attached hydrogens (tertiary/aromatic N) is 2. The third-order valence-corrected chi connectivity index (χ3v) is 5.75. The molecule has 1 saturated heterocycles. The second-order valence-electron chi connectivity index (χ2n) is 7.70. The molecule has 0 amide bonds. The van der Waals surface area contributed by atoms with Crippen LogP contribution in [0.5, 0.6) is 0 Å². The van der Waals surface area contributed by atoms with E-state index in [1.807, 2.05) is 44.2 Å². The smallest absolute Gasteiger partial charge is 0.0444 e. The van der Waals surface area contributed by atoms with E-state index in [2.05, 4.69) is 23.1 Å². The van der Waals surface area contributed by atoms with E-state index in [0.29, 0.717) is 11.6 Å². The predicted octanol–water partition coefficient (Wildman–Crippen LogP) is 4.94. The number of hydrogen-bond acceptors (Lipinski definition) is 2. The zero-order valence-corrected chi connectivity index (χ0v) is 15.4. The van der Waals surface area contributed by atoms with E-state index in [1.165, 1.54) is 11.1 Å². The molecule has 0 aromatic heterocycles. The maximum Gasteiger partial charge on any atom is 0.0444 e. The first-order valence-electron chi connectivity index (χ1n) is 11.3. The van der Waals surface area contributed by atoms with Crippen LogP contribution in [-0.4, -0.2) is 41.9 Å². The normalized spacial score (nSPS) is 32.0. The molecule has 2 atom stereocenters. The maximum atomic E-state index is 8.59. The summed E-state index contributed by atoms with van der Waals surface area (Å²) in [6.07, 6.45) is 0.819. The molecule has 132 valence electrons. The molecule has 0 radical (unpaired) electrons. The van der Waals surface area contributed by atoms with Crippen LogP contribution in [0.2, 0.25) is 5.02 Å². The first kappa shape index (κ1) is 12.1. The van der Waals surface area contributed by atoms with Gasteiger partial charge < -0.3 is 0 Å². The van der Waals surface area contributed by atoms with Gasteiger partial charge in [-0.2, -0.15) is 0 Å². The number of fused-ring (bicyclic) bond motifs is 1. The molecule has 0 bridgehead atoms. The van der Waals surface area contributed by atoms with E-state index in [0.717, 1.165) is 16.9 Å². The van der Waals surface area contributed by atoms with Crippen LogP contribution in [0.3, 0.4) is 0 Å². The lowest BCUT2D eigenvalue weighted by Crippen LogP contribution is -2.58. The van der Waals surface area contributed by atoms with Crippen molar-refractivity contribution in [2.24, 2.45) is 0 Å². The molecule has 2 aliphatic rings. The van der Waals surface area contributed by atoms with Gasteiger partial charge in [0.05, 0.1) is 0 Å². The van der Waals surface area contributed by atoms with E-state index < -0.39 is 19.0 Å². The van der Waals surface area contributed by atoms with Crippen molar-refractivity contribution >= 4 is 11.6 Å². The summed E-state index contributed by atoms with van der Waals surface area (Å²) in [6, 6.07) is 16.3. The Morgan fingerprint density at radius 3 is 2.68 bits per heavy atom. The van der Waals surface area contributed by atoms with Crippen molar-refractivity contribution in [1.29, 1.82) is 0 Å². The van der Waals surface area contributed by atoms with Crippen molar-refractivity contribution in [3.63, 3.8) is 0 Å². The van der Waals surface area contributed by atoms with Crippen molar-refractivity contribution in [3.8, 4) is 0 Å². The van der Waals surface area contributed by atoms with Crippen molar-refractivity contribution in [2.45, 2.75) is 37.8 Å². The molecule has 1 heterocycles. The average molecular weight is 360 g/mol. The second-order valence-corrected chi connectivity index (χ2v) is 8.14. The molecular weight excluding hydrogens is 328 g/mol. The Hall–Kier alpha value is -1.35. The number of piperazine rings is 1. The van der Waals surface area contributed by atoms with E-state index in [-0.39, 0.29) is 18.5 Å². The summed E-state index contributed by atoms with van der Waals surface area (Å²) >= 11 is 6.34. The van der Waals surface area contributed by atoms with Crippen LogP contribution in [0, 0.1) is 0 Å². The minimum atomic E-state index is -2.50. The van der Waals surface area contributed by atoms with E-state index in [4.69, 9.17) is 18.5 Å². The van der Waals surface area contributed by atoms with Crippen LogP contribution in [0.25, 0.3) is 0 Å². The molecule has 0 N–H and O–H groups in total. The Labute approximate surface area is 163 Å². The van der Waals surface area contributed by atoms with Crippen molar-refractivity contribution < 1.29 is 6.85 Å². The molecule has 0 saturated carbocycles. The van der Waals surface area contributed by atoms with Crippen molar-refractivity contribution in [2.75, 3.05) is 26.6 Å². The second kappa shape index (κ2) is 6.42. The van der Waals surface area contributed by atoms with Crippen molar-refractivity contribution in [3.05, 3.63) is 70.2 Å². The van der Waals surface area contributed by atoms with Gasteiger partial charge in [0.2, 0.25) is 0 Å². The van der Waals surface area contributed by atoms with E-state index >= 15 is 0 Å². The summed E-state index contributed by atoms with van der Waals surface area (Å²) in [6.45, 7) is -0.354. The highest BCUT2D eigenvalue weighted by molar-refractivity contribution is 6.30. The summed E-state index contributed by atoms with van der Waals surface area (Å²) < 4.78 is 40.8. The number of halogens is 1. The summed E-state index contributed by atoms with van der Waals surface area (Å²) in [5.74, 6) is 0.207. The van der Waals surface area contributed by atoms with Gasteiger partial charge in [-0.1, -0.05) is 48.0 Å². The fraction of sp³-hybridized carbons (Fsp3) is 0.455. The fourth-order valence-corrected chi connectivity index (χ4v) is 4.38. The first-order valence-corrected chi connectivity index (χ1v) is 9.17. The Bertz CT molecular complexity index is 911. The average Bonchev–Trinajstić information content (AvgIpc) is 2.97. The lowest BCUT2D eigenvalue weighted by molar-refractivity contribution is 0.0158. The van der Waals surface area contributed by atoms with Gasteiger partial charge in [-0.3, -0.25) is 9.80 Å². The quantitative estimate of drug-likeness (QED) is 0.749. The van der Waals surface area contributed by atoms with Crippen LogP contribution >= 0.6 is 11.6 Å². The highest BCUT2D eigenvalue weighted by Gasteiger charge is 2.40. The summed E-state index contributed by atoms with van der Waals surface area (Å²) in [7, 11) is 0. The third-order valence-electron chi connectivity index (χ3n) is 5.51. The zero-order valence-electron chi connectivity index (χ0n) is 19.7. The number of benzene rings is 2. The van der Waals surface area contributed by atoms with Gasteiger partial charge in [-0.15, -0.1) is 0 Å². The first-order chi connectivity index (χ1) is 13.9. The van der Waals surface area contributed by atoms with Gasteiger partial charge in [0.15, 0.2) is 0 Å². The molecule has 1 fully saturated rings. The Morgan fingerprint density at radius 1 is 1.16 bits per heavy atom. The number of hydrogen-bond donors (Lipinski definition) is 0. The van der Waals surface area contributed by atoms with E-state index in [1.54, 1.807) is 0 Å². The highest BCUT2D eigenvalue weighted by Crippen LogP contribution is 2.48. The minimum Gasteiger partial charge on any atom is -0.299 e. The van der Waals surface area contributed by atoms with Crippen LogP contribution in [-0.2, 0) is 0 Å². The third kappa shape index (κ3) is 3.12. The summed E-state index contributed by atoms with van der Waals surface area (Å²) in [4.78, 5) is 3.17. The Balaban J connectivity index is 1.72. The molecule has 4 rings (SSSR count). The molecule has 2 aromatic rings. The zero-order chi connectivity index (χ0) is 21.9. The lowest BCUT2D eigenvalue weighted by atomic mass is 9.93. The van der Waals surface area contributed by atoms with Gasteiger partial charge in [0.1, 0.15) is 0 Å².